The number of anilines is 2. The predicted molar refractivity (Wildman–Crippen MR) is 95.3 cm³/mol. The molecule has 0 aliphatic rings. The third-order valence-corrected chi connectivity index (χ3v) is 4.31. The van der Waals surface area contributed by atoms with E-state index in [1.54, 1.807) is 6.07 Å². The molecule has 0 aliphatic heterocycles. The lowest BCUT2D eigenvalue weighted by molar-refractivity contribution is 0.102. The first-order valence-electron chi connectivity index (χ1n) is 6.43. The molecular weight excluding hydrogens is 396 g/mol. The summed E-state index contributed by atoms with van der Waals surface area (Å²) in [6.07, 6.45) is 0. The summed E-state index contributed by atoms with van der Waals surface area (Å²) in [6.45, 7) is 2.05. The molecule has 21 heavy (non-hydrogen) atoms. The Labute approximate surface area is 141 Å². The molecule has 2 rings (SSSR count). The maximum atomic E-state index is 12.4. The monoisotopic (exact) mass is 410 g/mol. The highest BCUT2D eigenvalue weighted by atomic mass is 79.9. The Bertz CT molecular complexity index is 684. The summed E-state index contributed by atoms with van der Waals surface area (Å²) in [5.41, 5.74) is 3.63. The van der Waals surface area contributed by atoms with Crippen molar-refractivity contribution in [1.29, 1.82) is 0 Å². The van der Waals surface area contributed by atoms with Crippen LogP contribution in [0.15, 0.2) is 45.3 Å². The maximum absolute atomic E-state index is 12.4. The van der Waals surface area contributed by atoms with Gasteiger partial charge < -0.3 is 10.2 Å². The van der Waals surface area contributed by atoms with Gasteiger partial charge in [0, 0.05) is 34.4 Å². The van der Waals surface area contributed by atoms with E-state index in [1.165, 1.54) is 5.56 Å². The fourth-order valence-electron chi connectivity index (χ4n) is 2.04. The van der Waals surface area contributed by atoms with Gasteiger partial charge in [0.1, 0.15) is 0 Å². The molecule has 0 heterocycles. The van der Waals surface area contributed by atoms with Gasteiger partial charge in [-0.05, 0) is 58.7 Å². The van der Waals surface area contributed by atoms with Crippen LogP contribution >= 0.6 is 31.9 Å². The van der Waals surface area contributed by atoms with Crippen molar-refractivity contribution in [2.75, 3.05) is 24.3 Å². The molecule has 1 amide bonds. The van der Waals surface area contributed by atoms with E-state index >= 15 is 0 Å². The van der Waals surface area contributed by atoms with Crippen LogP contribution in [0.5, 0.6) is 0 Å². The normalized spacial score (nSPS) is 10.3. The third kappa shape index (κ3) is 3.86. The first-order valence-corrected chi connectivity index (χ1v) is 8.01. The molecule has 0 atom stereocenters. The van der Waals surface area contributed by atoms with Gasteiger partial charge in [-0.3, -0.25) is 4.79 Å². The number of hydrogen-bond donors (Lipinski definition) is 1. The van der Waals surface area contributed by atoms with Crippen molar-refractivity contribution in [2.24, 2.45) is 0 Å². The Balaban J connectivity index is 2.27. The van der Waals surface area contributed by atoms with Crippen molar-refractivity contribution < 1.29 is 4.79 Å². The molecule has 0 unspecified atom stereocenters. The molecule has 0 aliphatic carbocycles. The molecule has 0 aromatic heterocycles. The number of hydrogen-bond acceptors (Lipinski definition) is 2. The second kappa shape index (κ2) is 6.62. The first-order chi connectivity index (χ1) is 9.88. The summed E-state index contributed by atoms with van der Waals surface area (Å²) < 4.78 is 1.64. The largest absolute Gasteiger partial charge is 0.377 e. The number of halogens is 2. The summed E-state index contributed by atoms with van der Waals surface area (Å²) >= 11 is 6.79. The Morgan fingerprint density at radius 2 is 1.81 bits per heavy atom. The molecule has 0 radical (unpaired) electrons. The van der Waals surface area contributed by atoms with E-state index in [4.69, 9.17) is 0 Å². The maximum Gasteiger partial charge on any atom is 0.256 e. The van der Waals surface area contributed by atoms with Crippen LogP contribution in [-0.2, 0) is 0 Å². The van der Waals surface area contributed by atoms with Gasteiger partial charge in [0.05, 0.1) is 5.56 Å². The zero-order valence-corrected chi connectivity index (χ0v) is 15.2. The highest BCUT2D eigenvalue weighted by molar-refractivity contribution is 9.11. The van der Waals surface area contributed by atoms with Crippen LogP contribution in [0.3, 0.4) is 0 Å². The highest BCUT2D eigenvalue weighted by Gasteiger charge is 2.12. The number of aryl methyl sites for hydroxylation is 1. The van der Waals surface area contributed by atoms with E-state index in [1.807, 2.05) is 56.3 Å². The van der Waals surface area contributed by atoms with Crippen LogP contribution in [0.1, 0.15) is 15.9 Å². The zero-order chi connectivity index (χ0) is 15.6. The fraction of sp³-hybridized carbons (Fsp3) is 0.188. The van der Waals surface area contributed by atoms with E-state index in [0.29, 0.717) is 5.56 Å². The highest BCUT2D eigenvalue weighted by Crippen LogP contribution is 2.25. The molecule has 3 nitrogen and oxygen atoms in total. The Morgan fingerprint density at radius 1 is 1.10 bits per heavy atom. The molecule has 0 spiro atoms. The van der Waals surface area contributed by atoms with E-state index in [0.717, 1.165) is 20.3 Å². The van der Waals surface area contributed by atoms with Crippen molar-refractivity contribution in [3.8, 4) is 0 Å². The Kier molecular flexibility index (Phi) is 5.06. The lowest BCUT2D eigenvalue weighted by Crippen LogP contribution is -2.14. The number of amides is 1. The van der Waals surface area contributed by atoms with Gasteiger partial charge in [-0.1, -0.05) is 22.0 Å². The first kappa shape index (κ1) is 16.0. The SMILES string of the molecule is Cc1ccc(NC(=O)c2cc(Br)ccc2Br)cc1N(C)C. The summed E-state index contributed by atoms with van der Waals surface area (Å²) in [5, 5.41) is 2.93. The minimum absolute atomic E-state index is 0.142. The smallest absolute Gasteiger partial charge is 0.256 e. The van der Waals surface area contributed by atoms with Gasteiger partial charge in [0.2, 0.25) is 0 Å². The van der Waals surface area contributed by atoms with Crippen LogP contribution in [0.4, 0.5) is 11.4 Å². The van der Waals surface area contributed by atoms with E-state index in [9.17, 15) is 4.79 Å². The number of nitrogens with one attached hydrogen (secondary N) is 1. The van der Waals surface area contributed by atoms with Crippen molar-refractivity contribution in [2.45, 2.75) is 6.92 Å². The lowest BCUT2D eigenvalue weighted by atomic mass is 10.1. The standard InChI is InChI=1S/C16H16Br2N2O/c1-10-4-6-12(9-15(10)20(2)3)19-16(21)13-8-11(17)5-7-14(13)18/h4-9H,1-3H3,(H,19,21). The molecule has 0 saturated heterocycles. The molecule has 110 valence electrons. The molecule has 0 fully saturated rings. The molecule has 0 saturated carbocycles. The van der Waals surface area contributed by atoms with E-state index in [2.05, 4.69) is 37.2 Å². The Hall–Kier alpha value is -1.33. The van der Waals surface area contributed by atoms with Crippen molar-refractivity contribution in [3.05, 3.63) is 56.5 Å². The summed E-state index contributed by atoms with van der Waals surface area (Å²) in [4.78, 5) is 14.4. The minimum atomic E-state index is -0.142. The number of rotatable bonds is 3. The molecule has 2 aromatic rings. The number of carbonyl (C=O) groups excluding carboxylic acids is 1. The average Bonchev–Trinajstić information content (AvgIpc) is 2.43. The second-order valence-electron chi connectivity index (χ2n) is 4.97. The quantitative estimate of drug-likeness (QED) is 0.783. The predicted octanol–water partition coefficient (Wildman–Crippen LogP) is 4.84. The van der Waals surface area contributed by atoms with Gasteiger partial charge in [0.25, 0.3) is 5.91 Å². The van der Waals surface area contributed by atoms with Gasteiger partial charge >= 0.3 is 0 Å². The van der Waals surface area contributed by atoms with Crippen LogP contribution in [0.25, 0.3) is 0 Å². The third-order valence-electron chi connectivity index (χ3n) is 3.12. The second-order valence-corrected chi connectivity index (χ2v) is 6.74. The summed E-state index contributed by atoms with van der Waals surface area (Å²) in [6, 6.07) is 11.4. The van der Waals surface area contributed by atoms with Crippen LogP contribution < -0.4 is 10.2 Å². The summed E-state index contributed by atoms with van der Waals surface area (Å²) in [7, 11) is 3.97. The topological polar surface area (TPSA) is 32.3 Å². The van der Waals surface area contributed by atoms with Crippen LogP contribution in [0.2, 0.25) is 0 Å². The average molecular weight is 412 g/mol. The van der Waals surface area contributed by atoms with Crippen molar-refractivity contribution in [3.63, 3.8) is 0 Å². The minimum Gasteiger partial charge on any atom is -0.377 e. The van der Waals surface area contributed by atoms with Crippen LogP contribution in [0, 0.1) is 6.92 Å². The van der Waals surface area contributed by atoms with E-state index in [-0.39, 0.29) is 5.91 Å². The van der Waals surface area contributed by atoms with Gasteiger partial charge in [-0.25, -0.2) is 0 Å². The number of benzene rings is 2. The molecule has 2 aromatic carbocycles. The van der Waals surface area contributed by atoms with E-state index < -0.39 is 0 Å². The number of carbonyl (C=O) groups is 1. The molecular formula is C16H16Br2N2O. The lowest BCUT2D eigenvalue weighted by Gasteiger charge is -2.17. The summed E-state index contributed by atoms with van der Waals surface area (Å²) in [5.74, 6) is -0.142. The van der Waals surface area contributed by atoms with Crippen molar-refractivity contribution in [1.82, 2.24) is 0 Å². The zero-order valence-electron chi connectivity index (χ0n) is 12.1. The van der Waals surface area contributed by atoms with Gasteiger partial charge in [0.15, 0.2) is 0 Å². The molecule has 0 bridgehead atoms. The van der Waals surface area contributed by atoms with Gasteiger partial charge in [-0.2, -0.15) is 0 Å². The van der Waals surface area contributed by atoms with Crippen molar-refractivity contribution >= 4 is 49.1 Å². The number of nitrogens with zero attached hydrogens (tertiary/aromatic N) is 1. The molecule has 1 N–H and O–H groups in total. The Morgan fingerprint density at radius 3 is 2.48 bits per heavy atom. The van der Waals surface area contributed by atoms with Crippen LogP contribution in [-0.4, -0.2) is 20.0 Å². The van der Waals surface area contributed by atoms with Gasteiger partial charge in [-0.15, -0.1) is 0 Å². The fourth-order valence-corrected chi connectivity index (χ4v) is 2.83. The molecule has 5 heteroatoms.